The van der Waals surface area contributed by atoms with Crippen LogP contribution in [0.1, 0.15) is 12.5 Å². The molecule has 0 bridgehead atoms. The second kappa shape index (κ2) is 5.89. The number of benzene rings is 1. The van der Waals surface area contributed by atoms with Gasteiger partial charge in [0.25, 0.3) is 0 Å². The summed E-state index contributed by atoms with van der Waals surface area (Å²) in [6.07, 6.45) is 0. The lowest BCUT2D eigenvalue weighted by molar-refractivity contribution is 0.200. The Kier molecular flexibility index (Phi) is 4.78. The largest absolute Gasteiger partial charge is 0.497 e. The normalized spacial score (nSPS) is 14.2. The summed E-state index contributed by atoms with van der Waals surface area (Å²) < 4.78 is 10.6. The molecule has 2 N–H and O–H groups in total. The number of hydrogen-bond donors (Lipinski definition) is 2. The Morgan fingerprint density at radius 1 is 1.29 bits per heavy atom. The average molecular weight is 239 g/mol. The second-order valence-corrected chi connectivity index (χ2v) is 4.32. The van der Waals surface area contributed by atoms with Crippen LogP contribution in [0.5, 0.6) is 11.5 Å². The Bertz CT molecular complexity index is 368. The average Bonchev–Trinajstić information content (AvgIpc) is 2.38. The van der Waals surface area contributed by atoms with Gasteiger partial charge in [0.15, 0.2) is 0 Å². The van der Waals surface area contributed by atoms with E-state index in [2.05, 4.69) is 5.32 Å². The quantitative estimate of drug-likeness (QED) is 0.782. The van der Waals surface area contributed by atoms with Crippen LogP contribution in [0.2, 0.25) is 0 Å². The van der Waals surface area contributed by atoms with Gasteiger partial charge in [-0.15, -0.1) is 0 Å². The van der Waals surface area contributed by atoms with E-state index in [0.29, 0.717) is 6.54 Å². The maximum absolute atomic E-state index is 9.62. The molecule has 4 nitrogen and oxygen atoms in total. The molecule has 1 atom stereocenters. The molecule has 0 aliphatic heterocycles. The Morgan fingerprint density at radius 3 is 2.47 bits per heavy atom. The van der Waals surface area contributed by atoms with Crippen LogP contribution >= 0.6 is 0 Å². The molecule has 0 aromatic heterocycles. The minimum Gasteiger partial charge on any atom is -0.497 e. The Balaban J connectivity index is 3.24. The highest BCUT2D eigenvalue weighted by atomic mass is 16.5. The minimum absolute atomic E-state index is 0.0391. The summed E-state index contributed by atoms with van der Waals surface area (Å²) in [6.45, 7) is 2.69. The lowest BCUT2D eigenvalue weighted by atomic mass is 9.82. The van der Waals surface area contributed by atoms with Gasteiger partial charge in [0.1, 0.15) is 11.5 Å². The SMILES string of the molecule is CNCC(C)(CO)c1cc(OC)ccc1OC. The van der Waals surface area contributed by atoms with Gasteiger partial charge < -0.3 is 19.9 Å². The van der Waals surface area contributed by atoms with Crippen molar-refractivity contribution in [2.24, 2.45) is 0 Å². The summed E-state index contributed by atoms with van der Waals surface area (Å²) in [7, 11) is 5.11. The predicted octanol–water partition coefficient (Wildman–Crippen LogP) is 1.17. The zero-order chi connectivity index (χ0) is 12.9. The van der Waals surface area contributed by atoms with E-state index >= 15 is 0 Å². The topological polar surface area (TPSA) is 50.7 Å². The lowest BCUT2D eigenvalue weighted by Gasteiger charge is -2.29. The molecule has 4 heteroatoms. The van der Waals surface area contributed by atoms with E-state index in [-0.39, 0.29) is 6.61 Å². The number of hydrogen-bond acceptors (Lipinski definition) is 4. The van der Waals surface area contributed by atoms with Crippen LogP contribution in [0, 0.1) is 0 Å². The van der Waals surface area contributed by atoms with Crippen LogP contribution in [0.15, 0.2) is 18.2 Å². The van der Waals surface area contributed by atoms with Gasteiger partial charge in [0.2, 0.25) is 0 Å². The van der Waals surface area contributed by atoms with Crippen LogP contribution in [-0.2, 0) is 5.41 Å². The van der Waals surface area contributed by atoms with Crippen molar-refractivity contribution in [3.63, 3.8) is 0 Å². The van der Waals surface area contributed by atoms with E-state index in [1.807, 2.05) is 32.2 Å². The van der Waals surface area contributed by atoms with E-state index < -0.39 is 5.41 Å². The minimum atomic E-state index is -0.394. The summed E-state index contributed by atoms with van der Waals surface area (Å²) in [5, 5.41) is 12.7. The second-order valence-electron chi connectivity index (χ2n) is 4.32. The summed E-state index contributed by atoms with van der Waals surface area (Å²) in [5.74, 6) is 1.52. The molecule has 0 radical (unpaired) electrons. The van der Waals surface area contributed by atoms with Crippen molar-refractivity contribution in [1.82, 2.24) is 5.32 Å². The molecule has 0 saturated heterocycles. The fraction of sp³-hybridized carbons (Fsp3) is 0.538. The van der Waals surface area contributed by atoms with Crippen LogP contribution in [-0.4, -0.2) is 39.5 Å². The summed E-state index contributed by atoms with van der Waals surface area (Å²) in [4.78, 5) is 0. The van der Waals surface area contributed by atoms with Crippen molar-refractivity contribution in [2.75, 3.05) is 34.4 Å². The molecule has 0 aliphatic carbocycles. The van der Waals surface area contributed by atoms with Gasteiger partial charge in [0.05, 0.1) is 20.8 Å². The Hall–Kier alpha value is -1.26. The molecule has 0 amide bonds. The molecule has 0 aliphatic rings. The van der Waals surface area contributed by atoms with Crippen LogP contribution in [0.3, 0.4) is 0 Å². The van der Waals surface area contributed by atoms with Gasteiger partial charge >= 0.3 is 0 Å². The summed E-state index contributed by atoms with van der Waals surface area (Å²) in [5.41, 5.74) is 0.547. The number of rotatable bonds is 6. The van der Waals surface area contributed by atoms with Crippen molar-refractivity contribution < 1.29 is 14.6 Å². The number of ether oxygens (including phenoxy) is 2. The summed E-state index contributed by atoms with van der Waals surface area (Å²) >= 11 is 0. The zero-order valence-corrected chi connectivity index (χ0v) is 10.9. The molecular formula is C13H21NO3. The van der Waals surface area contributed by atoms with Crippen molar-refractivity contribution in [1.29, 1.82) is 0 Å². The third-order valence-corrected chi connectivity index (χ3v) is 2.97. The fourth-order valence-corrected chi connectivity index (χ4v) is 1.91. The number of aliphatic hydroxyl groups excluding tert-OH is 1. The van der Waals surface area contributed by atoms with Crippen LogP contribution < -0.4 is 14.8 Å². The van der Waals surface area contributed by atoms with Crippen molar-refractivity contribution in [2.45, 2.75) is 12.3 Å². The maximum atomic E-state index is 9.62. The van der Waals surface area contributed by atoms with E-state index in [0.717, 1.165) is 17.1 Å². The van der Waals surface area contributed by atoms with E-state index in [9.17, 15) is 5.11 Å². The lowest BCUT2D eigenvalue weighted by Crippen LogP contribution is -2.37. The highest BCUT2D eigenvalue weighted by Gasteiger charge is 2.29. The van der Waals surface area contributed by atoms with Gasteiger partial charge in [-0.1, -0.05) is 6.92 Å². The first-order chi connectivity index (χ1) is 8.11. The number of nitrogens with one attached hydrogen (secondary N) is 1. The van der Waals surface area contributed by atoms with Crippen molar-refractivity contribution in [3.05, 3.63) is 23.8 Å². The highest BCUT2D eigenvalue weighted by molar-refractivity contribution is 5.45. The van der Waals surface area contributed by atoms with E-state index in [4.69, 9.17) is 9.47 Å². The smallest absolute Gasteiger partial charge is 0.123 e. The molecule has 0 spiro atoms. The third kappa shape index (κ3) is 2.90. The van der Waals surface area contributed by atoms with Crippen LogP contribution in [0.25, 0.3) is 0 Å². The Labute approximate surface area is 103 Å². The molecule has 1 aromatic carbocycles. The maximum Gasteiger partial charge on any atom is 0.123 e. The first kappa shape index (κ1) is 13.8. The number of aliphatic hydroxyl groups is 1. The van der Waals surface area contributed by atoms with E-state index in [1.165, 1.54) is 0 Å². The molecule has 1 aromatic rings. The molecule has 0 saturated carbocycles. The zero-order valence-electron chi connectivity index (χ0n) is 10.9. The van der Waals surface area contributed by atoms with Crippen LogP contribution in [0.4, 0.5) is 0 Å². The standard InChI is InChI=1S/C13H21NO3/c1-13(9-15,8-14-2)11-7-10(16-3)5-6-12(11)17-4/h5-7,14-15H,8-9H2,1-4H3. The molecule has 0 fully saturated rings. The van der Waals surface area contributed by atoms with Crippen molar-refractivity contribution in [3.8, 4) is 11.5 Å². The van der Waals surface area contributed by atoms with Gasteiger partial charge in [-0.05, 0) is 25.2 Å². The molecular weight excluding hydrogens is 218 g/mol. The van der Waals surface area contributed by atoms with Gasteiger partial charge in [-0.25, -0.2) is 0 Å². The molecule has 96 valence electrons. The van der Waals surface area contributed by atoms with Crippen molar-refractivity contribution >= 4 is 0 Å². The number of methoxy groups -OCH3 is 2. The summed E-state index contributed by atoms with van der Waals surface area (Å²) in [6, 6.07) is 5.61. The van der Waals surface area contributed by atoms with Gasteiger partial charge in [0, 0.05) is 17.5 Å². The predicted molar refractivity (Wildman–Crippen MR) is 67.9 cm³/mol. The van der Waals surface area contributed by atoms with E-state index in [1.54, 1.807) is 14.2 Å². The van der Waals surface area contributed by atoms with Gasteiger partial charge in [-0.3, -0.25) is 0 Å². The molecule has 1 rings (SSSR count). The Morgan fingerprint density at radius 2 is 2.00 bits per heavy atom. The number of likely N-dealkylation sites (N-methyl/N-ethyl adjacent to an activating group) is 1. The first-order valence-corrected chi connectivity index (χ1v) is 5.59. The van der Waals surface area contributed by atoms with Gasteiger partial charge in [-0.2, -0.15) is 0 Å². The third-order valence-electron chi connectivity index (χ3n) is 2.97. The first-order valence-electron chi connectivity index (χ1n) is 5.59. The molecule has 1 unspecified atom stereocenters. The molecule has 0 heterocycles. The monoisotopic (exact) mass is 239 g/mol. The highest BCUT2D eigenvalue weighted by Crippen LogP contribution is 2.34. The fourth-order valence-electron chi connectivity index (χ4n) is 1.91. The molecule has 17 heavy (non-hydrogen) atoms.